The number of halogens is 2. The van der Waals surface area contributed by atoms with Crippen LogP contribution in [0.1, 0.15) is 36.5 Å². The fourth-order valence-electron chi connectivity index (χ4n) is 5.31. The number of ether oxygens (including phenoxy) is 2. The molecule has 1 fully saturated rings. The van der Waals surface area contributed by atoms with E-state index in [0.29, 0.717) is 12.4 Å². The van der Waals surface area contributed by atoms with E-state index >= 15 is 0 Å². The van der Waals surface area contributed by atoms with Crippen molar-refractivity contribution in [3.63, 3.8) is 0 Å². The molecule has 6 heteroatoms. The first-order valence-electron chi connectivity index (χ1n) is 12.3. The normalized spacial score (nSPS) is 17.0. The van der Waals surface area contributed by atoms with Crippen molar-refractivity contribution in [1.29, 1.82) is 0 Å². The summed E-state index contributed by atoms with van der Waals surface area (Å²) in [6.45, 7) is 3.96. The number of phenols is 1. The maximum Gasteiger partial charge on any atom is 0.150 e. The van der Waals surface area contributed by atoms with Gasteiger partial charge in [0, 0.05) is 17.7 Å². The van der Waals surface area contributed by atoms with E-state index in [-0.39, 0.29) is 30.1 Å². The van der Waals surface area contributed by atoms with Crippen LogP contribution < -0.4 is 9.47 Å². The van der Waals surface area contributed by atoms with Gasteiger partial charge in [-0.2, -0.15) is 0 Å². The lowest BCUT2D eigenvalue weighted by Crippen LogP contribution is -2.33. The molecule has 4 aromatic carbocycles. The van der Waals surface area contributed by atoms with Crippen molar-refractivity contribution in [2.24, 2.45) is 0 Å². The number of rotatable bonds is 5. The zero-order valence-corrected chi connectivity index (χ0v) is 20.8. The molecule has 0 radical (unpaired) electrons. The zero-order valence-electron chi connectivity index (χ0n) is 20.0. The summed E-state index contributed by atoms with van der Waals surface area (Å²) in [5, 5.41) is 11.9. The van der Waals surface area contributed by atoms with Gasteiger partial charge in [-0.3, -0.25) is 4.90 Å². The van der Waals surface area contributed by atoms with Gasteiger partial charge in [0.05, 0.1) is 0 Å². The second-order valence-electron chi connectivity index (χ2n) is 9.39. The predicted molar refractivity (Wildman–Crippen MR) is 143 cm³/mol. The maximum atomic E-state index is 14.1. The Hall–Kier alpha value is -3.28. The van der Waals surface area contributed by atoms with Crippen LogP contribution in [0.25, 0.3) is 21.9 Å². The van der Waals surface area contributed by atoms with E-state index in [0.717, 1.165) is 58.4 Å². The second kappa shape index (κ2) is 10.4. The molecule has 2 aliphatic heterocycles. The predicted octanol–water partition coefficient (Wildman–Crippen LogP) is 7.12. The van der Waals surface area contributed by atoms with Crippen LogP contribution in [0.3, 0.4) is 0 Å². The minimum Gasteiger partial charge on any atom is -0.508 e. The van der Waals surface area contributed by atoms with Crippen LogP contribution >= 0.6 is 12.4 Å². The molecule has 186 valence electrons. The quantitative estimate of drug-likeness (QED) is 0.313. The average molecular weight is 506 g/mol. The summed E-state index contributed by atoms with van der Waals surface area (Å²) in [5.41, 5.74) is 3.64. The lowest BCUT2D eigenvalue weighted by molar-refractivity contribution is 0.183. The highest BCUT2D eigenvalue weighted by atomic mass is 35.5. The van der Waals surface area contributed by atoms with Crippen molar-refractivity contribution >= 4 is 23.2 Å². The van der Waals surface area contributed by atoms with Gasteiger partial charge in [0.15, 0.2) is 6.10 Å². The standard InChI is InChI=1S/C30H28FNO3.ClH/c31-22-7-13-28-27(19-22)26-11-6-21-18-23(33)8-12-25(21)29(26)30(35-28)20-4-9-24(10-5-20)34-17-16-32-14-2-1-3-15-32;/h4-13,18-19,30,33H,1-3,14-17H2;1H. The van der Waals surface area contributed by atoms with Crippen LogP contribution in [-0.4, -0.2) is 36.2 Å². The van der Waals surface area contributed by atoms with Crippen LogP contribution in [0, 0.1) is 5.82 Å². The summed E-state index contributed by atoms with van der Waals surface area (Å²) in [7, 11) is 0. The van der Waals surface area contributed by atoms with E-state index in [4.69, 9.17) is 9.47 Å². The summed E-state index contributed by atoms with van der Waals surface area (Å²) < 4.78 is 26.6. The number of likely N-dealkylation sites (tertiary alicyclic amines) is 1. The third kappa shape index (κ3) is 4.73. The lowest BCUT2D eigenvalue weighted by Gasteiger charge is -2.30. The Kier molecular flexibility index (Phi) is 7.04. The summed E-state index contributed by atoms with van der Waals surface area (Å²) >= 11 is 0. The average Bonchev–Trinajstić information content (AvgIpc) is 2.89. The van der Waals surface area contributed by atoms with Crippen LogP contribution in [0.2, 0.25) is 0 Å². The Morgan fingerprint density at radius 2 is 1.69 bits per heavy atom. The summed E-state index contributed by atoms with van der Waals surface area (Å²) in [5.74, 6) is 1.41. The molecule has 1 N–H and O–H groups in total. The van der Waals surface area contributed by atoms with Gasteiger partial charge in [-0.1, -0.05) is 36.8 Å². The van der Waals surface area contributed by atoms with Crippen molar-refractivity contribution in [3.8, 4) is 28.4 Å². The minimum absolute atomic E-state index is 0. The molecule has 4 aromatic rings. The van der Waals surface area contributed by atoms with Crippen LogP contribution in [-0.2, 0) is 0 Å². The van der Waals surface area contributed by atoms with E-state index in [1.807, 2.05) is 42.5 Å². The maximum absolute atomic E-state index is 14.1. The highest BCUT2D eigenvalue weighted by Crippen LogP contribution is 2.48. The highest BCUT2D eigenvalue weighted by Gasteiger charge is 2.29. The first-order valence-corrected chi connectivity index (χ1v) is 12.3. The summed E-state index contributed by atoms with van der Waals surface area (Å²) in [6.07, 6.45) is 3.53. The number of benzene rings is 4. The van der Waals surface area contributed by atoms with Crippen LogP contribution in [0.5, 0.6) is 17.2 Å². The molecule has 0 saturated carbocycles. The van der Waals surface area contributed by atoms with Crippen molar-refractivity contribution < 1.29 is 19.0 Å². The van der Waals surface area contributed by atoms with Gasteiger partial charge in [-0.05, 0) is 90.3 Å². The minimum atomic E-state index is -0.362. The molecule has 2 heterocycles. The summed E-state index contributed by atoms with van der Waals surface area (Å²) in [4.78, 5) is 2.47. The molecule has 2 aliphatic rings. The second-order valence-corrected chi connectivity index (χ2v) is 9.39. The lowest BCUT2D eigenvalue weighted by atomic mass is 9.86. The SMILES string of the molecule is Cl.Oc1ccc2c3c(ccc2c1)-c1cc(F)ccc1OC3c1ccc(OCCN2CCCCC2)cc1. The monoisotopic (exact) mass is 505 g/mol. The largest absolute Gasteiger partial charge is 0.508 e. The van der Waals surface area contributed by atoms with Crippen LogP contribution in [0.15, 0.2) is 72.8 Å². The molecule has 1 saturated heterocycles. The first kappa shape index (κ1) is 24.4. The zero-order chi connectivity index (χ0) is 23.8. The number of nitrogens with zero attached hydrogens (tertiary/aromatic N) is 1. The van der Waals surface area contributed by atoms with E-state index in [1.54, 1.807) is 18.2 Å². The molecule has 36 heavy (non-hydrogen) atoms. The summed E-state index contributed by atoms with van der Waals surface area (Å²) in [6, 6.07) is 22.0. The Labute approximate surface area is 216 Å². The van der Waals surface area contributed by atoms with Gasteiger partial charge in [-0.15, -0.1) is 12.4 Å². The van der Waals surface area contributed by atoms with Crippen molar-refractivity contribution in [2.45, 2.75) is 25.4 Å². The molecular weight excluding hydrogens is 477 g/mol. The number of aromatic hydroxyl groups is 1. The smallest absolute Gasteiger partial charge is 0.150 e. The van der Waals surface area contributed by atoms with Gasteiger partial charge in [-0.25, -0.2) is 4.39 Å². The number of hydrogen-bond acceptors (Lipinski definition) is 4. The van der Waals surface area contributed by atoms with Crippen molar-refractivity contribution in [3.05, 3.63) is 89.7 Å². The molecule has 1 unspecified atom stereocenters. The fraction of sp³-hybridized carbons (Fsp3) is 0.267. The first-order chi connectivity index (χ1) is 17.2. The van der Waals surface area contributed by atoms with Gasteiger partial charge < -0.3 is 14.6 Å². The molecule has 0 bridgehead atoms. The molecule has 4 nitrogen and oxygen atoms in total. The van der Waals surface area contributed by atoms with Crippen molar-refractivity contribution in [2.75, 3.05) is 26.2 Å². The van der Waals surface area contributed by atoms with Gasteiger partial charge in [0.25, 0.3) is 0 Å². The van der Waals surface area contributed by atoms with Gasteiger partial charge in [0.2, 0.25) is 0 Å². The fourth-order valence-corrected chi connectivity index (χ4v) is 5.31. The van der Waals surface area contributed by atoms with E-state index < -0.39 is 0 Å². The molecule has 6 rings (SSSR count). The molecule has 1 atom stereocenters. The molecule has 0 aliphatic carbocycles. The number of piperidine rings is 1. The Balaban J connectivity index is 0.00000267. The van der Waals surface area contributed by atoms with E-state index in [1.165, 1.54) is 31.4 Å². The van der Waals surface area contributed by atoms with Gasteiger partial charge in [0.1, 0.15) is 29.7 Å². The van der Waals surface area contributed by atoms with Crippen molar-refractivity contribution in [1.82, 2.24) is 4.90 Å². The molecule has 0 amide bonds. The number of phenolic OH excluding ortho intramolecular Hbond substituents is 1. The Morgan fingerprint density at radius 3 is 2.50 bits per heavy atom. The molecule has 0 spiro atoms. The molecular formula is C30H29ClFNO3. The van der Waals surface area contributed by atoms with Crippen LogP contribution in [0.4, 0.5) is 4.39 Å². The van der Waals surface area contributed by atoms with E-state index in [2.05, 4.69) is 4.90 Å². The number of hydrogen-bond donors (Lipinski definition) is 1. The Morgan fingerprint density at radius 1 is 0.889 bits per heavy atom. The van der Waals surface area contributed by atoms with E-state index in [9.17, 15) is 9.50 Å². The number of fused-ring (bicyclic) bond motifs is 5. The third-order valence-electron chi connectivity index (χ3n) is 7.09. The molecule has 0 aromatic heterocycles. The topological polar surface area (TPSA) is 41.9 Å². The third-order valence-corrected chi connectivity index (χ3v) is 7.09. The van der Waals surface area contributed by atoms with Gasteiger partial charge >= 0.3 is 0 Å². The Bertz CT molecular complexity index is 1370. The highest BCUT2D eigenvalue weighted by molar-refractivity contribution is 5.95.